The Morgan fingerprint density at radius 1 is 1.47 bits per heavy atom. The summed E-state index contributed by atoms with van der Waals surface area (Å²) in [6.07, 6.45) is 7.13. The van der Waals surface area contributed by atoms with Crippen LogP contribution in [0.5, 0.6) is 0 Å². The molecular formula is C12H19N3OS. The minimum Gasteiger partial charge on any atom is -0.616 e. The molecule has 4 nitrogen and oxygen atoms in total. The van der Waals surface area contributed by atoms with E-state index in [0.29, 0.717) is 5.69 Å². The molecule has 0 bridgehead atoms. The summed E-state index contributed by atoms with van der Waals surface area (Å²) in [5, 5.41) is 0. The van der Waals surface area contributed by atoms with E-state index in [4.69, 9.17) is 5.73 Å². The lowest BCUT2D eigenvalue weighted by Crippen LogP contribution is -2.47. The number of nitrogen functional groups attached to an aromatic ring is 1. The molecule has 1 unspecified atom stereocenters. The van der Waals surface area contributed by atoms with Crippen LogP contribution >= 0.6 is 0 Å². The average molecular weight is 253 g/mol. The van der Waals surface area contributed by atoms with E-state index in [1.165, 1.54) is 0 Å². The summed E-state index contributed by atoms with van der Waals surface area (Å²) in [6.45, 7) is 3.92. The Balaban J connectivity index is 2.07. The van der Waals surface area contributed by atoms with E-state index in [0.717, 1.165) is 31.6 Å². The van der Waals surface area contributed by atoms with E-state index in [1.54, 1.807) is 18.6 Å². The Morgan fingerprint density at radius 3 is 2.65 bits per heavy atom. The van der Waals surface area contributed by atoms with Crippen LogP contribution in [0, 0.1) is 0 Å². The molecule has 1 aromatic rings. The number of hydrogen-bond donors (Lipinski definition) is 1. The maximum atomic E-state index is 11.7. The molecule has 1 saturated heterocycles. The molecule has 1 aromatic heterocycles. The highest BCUT2D eigenvalue weighted by atomic mass is 32.2. The van der Waals surface area contributed by atoms with E-state index >= 15 is 0 Å². The maximum absolute atomic E-state index is 11.7. The normalized spacial score (nSPS) is 21.2. The van der Waals surface area contributed by atoms with Crippen molar-refractivity contribution in [2.45, 2.75) is 24.5 Å². The van der Waals surface area contributed by atoms with Crippen molar-refractivity contribution in [3.63, 3.8) is 0 Å². The number of hydrogen-bond acceptors (Lipinski definition) is 4. The largest absolute Gasteiger partial charge is 0.616 e. The van der Waals surface area contributed by atoms with Crippen molar-refractivity contribution in [1.29, 1.82) is 0 Å². The van der Waals surface area contributed by atoms with Gasteiger partial charge in [0.25, 0.3) is 0 Å². The Morgan fingerprint density at radius 2 is 2.12 bits per heavy atom. The van der Waals surface area contributed by atoms with Gasteiger partial charge >= 0.3 is 0 Å². The van der Waals surface area contributed by atoms with Crippen LogP contribution in [0.25, 0.3) is 0 Å². The molecule has 0 amide bonds. The second-order valence-corrected chi connectivity index (χ2v) is 6.72. The van der Waals surface area contributed by atoms with Crippen LogP contribution in [0.4, 0.5) is 11.4 Å². The Bertz CT molecular complexity index is 389. The molecule has 94 valence electrons. The van der Waals surface area contributed by atoms with E-state index < -0.39 is 11.2 Å². The first-order valence-electron chi connectivity index (χ1n) is 5.81. The van der Waals surface area contributed by atoms with Gasteiger partial charge < -0.3 is 15.2 Å². The fourth-order valence-corrected chi connectivity index (χ4v) is 2.95. The van der Waals surface area contributed by atoms with Crippen LogP contribution < -0.4 is 10.6 Å². The first kappa shape index (κ1) is 12.5. The molecule has 1 aliphatic heterocycles. The quantitative estimate of drug-likeness (QED) is 0.809. The Kier molecular flexibility index (Phi) is 3.49. The second kappa shape index (κ2) is 4.74. The van der Waals surface area contributed by atoms with Crippen molar-refractivity contribution in [3.05, 3.63) is 18.5 Å². The lowest BCUT2D eigenvalue weighted by molar-refractivity contribution is 0.442. The molecule has 0 saturated carbocycles. The monoisotopic (exact) mass is 253 g/mol. The molecule has 1 aliphatic rings. The van der Waals surface area contributed by atoms with Gasteiger partial charge in [0.15, 0.2) is 0 Å². The minimum absolute atomic E-state index is 0.0434. The van der Waals surface area contributed by atoms with E-state index in [1.807, 2.05) is 6.07 Å². The molecule has 0 spiro atoms. The molecule has 1 atom stereocenters. The van der Waals surface area contributed by atoms with Gasteiger partial charge in [0.2, 0.25) is 0 Å². The van der Waals surface area contributed by atoms with Crippen molar-refractivity contribution in [3.8, 4) is 0 Å². The van der Waals surface area contributed by atoms with Crippen LogP contribution in [0.1, 0.15) is 19.8 Å². The first-order valence-corrected chi connectivity index (χ1v) is 7.37. The molecule has 0 aromatic carbocycles. The predicted octanol–water partition coefficient (Wildman–Crippen LogP) is 1.40. The first-order chi connectivity index (χ1) is 8.03. The predicted molar refractivity (Wildman–Crippen MR) is 72.6 cm³/mol. The van der Waals surface area contributed by atoms with Gasteiger partial charge in [-0.25, -0.2) is 0 Å². The summed E-state index contributed by atoms with van der Waals surface area (Å²) in [6, 6.07) is 1.95. The molecule has 5 heteroatoms. The van der Waals surface area contributed by atoms with Gasteiger partial charge in [-0.15, -0.1) is 0 Å². The summed E-state index contributed by atoms with van der Waals surface area (Å²) in [7, 11) is 0. The zero-order valence-corrected chi connectivity index (χ0v) is 11.2. The minimum atomic E-state index is -0.765. The third-order valence-corrected chi connectivity index (χ3v) is 5.48. The number of pyridine rings is 1. The summed E-state index contributed by atoms with van der Waals surface area (Å²) in [4.78, 5) is 6.25. The van der Waals surface area contributed by atoms with Crippen LogP contribution in [-0.4, -0.2) is 33.6 Å². The average Bonchev–Trinajstić information content (AvgIpc) is 2.31. The van der Waals surface area contributed by atoms with Gasteiger partial charge in [-0.05, 0) is 13.0 Å². The smallest absolute Gasteiger partial charge is 0.125 e. The lowest BCUT2D eigenvalue weighted by atomic mass is 9.97. The Hall–Kier alpha value is -0.940. The van der Waals surface area contributed by atoms with E-state index in [9.17, 15) is 4.55 Å². The van der Waals surface area contributed by atoms with Crippen molar-refractivity contribution in [1.82, 2.24) is 4.98 Å². The van der Waals surface area contributed by atoms with Crippen molar-refractivity contribution in [2.75, 3.05) is 30.0 Å². The fraction of sp³-hybridized carbons (Fsp3) is 0.583. The molecular weight excluding hydrogens is 234 g/mol. The molecule has 2 N–H and O–H groups in total. The van der Waals surface area contributed by atoms with Crippen LogP contribution in [-0.2, 0) is 11.2 Å². The van der Waals surface area contributed by atoms with Gasteiger partial charge in [-0.3, -0.25) is 4.98 Å². The number of aromatic nitrogens is 1. The number of piperidine rings is 1. The summed E-state index contributed by atoms with van der Waals surface area (Å²) in [5.74, 6) is 0. The SMILES string of the molecule is C[S+]([O-])C1(C)CCN(c2ccncc2N)CC1. The van der Waals surface area contributed by atoms with Crippen molar-refractivity contribution < 1.29 is 4.55 Å². The van der Waals surface area contributed by atoms with Gasteiger partial charge in [-0.1, -0.05) is 11.2 Å². The van der Waals surface area contributed by atoms with Gasteiger partial charge in [0.1, 0.15) is 4.75 Å². The third-order valence-electron chi connectivity index (χ3n) is 3.68. The molecule has 0 radical (unpaired) electrons. The number of rotatable bonds is 2. The highest BCUT2D eigenvalue weighted by Gasteiger charge is 2.38. The molecule has 2 rings (SSSR count). The summed E-state index contributed by atoms with van der Waals surface area (Å²) < 4.78 is 11.6. The molecule has 2 heterocycles. The number of nitrogens with zero attached hydrogens (tertiary/aromatic N) is 2. The van der Waals surface area contributed by atoms with Gasteiger partial charge in [-0.2, -0.15) is 0 Å². The molecule has 17 heavy (non-hydrogen) atoms. The highest BCUT2D eigenvalue weighted by Crippen LogP contribution is 2.33. The maximum Gasteiger partial charge on any atom is 0.125 e. The summed E-state index contributed by atoms with van der Waals surface area (Å²) in [5.41, 5.74) is 7.68. The third kappa shape index (κ3) is 2.50. The van der Waals surface area contributed by atoms with Crippen molar-refractivity contribution in [2.24, 2.45) is 0 Å². The lowest BCUT2D eigenvalue weighted by Gasteiger charge is -2.40. The fourth-order valence-electron chi connectivity index (χ4n) is 2.20. The number of anilines is 2. The standard InChI is InChI=1S/C12H19N3OS/c1-12(17(2)16)4-7-15(8-5-12)11-3-6-14-9-10(11)13/h3,6,9H,4-5,7-8,13H2,1-2H3. The number of nitrogens with two attached hydrogens (primary N) is 1. The van der Waals surface area contributed by atoms with Crippen LogP contribution in [0.2, 0.25) is 0 Å². The zero-order chi connectivity index (χ0) is 12.5. The van der Waals surface area contributed by atoms with Gasteiger partial charge in [0.05, 0.1) is 23.8 Å². The van der Waals surface area contributed by atoms with E-state index in [-0.39, 0.29) is 4.75 Å². The second-order valence-electron chi connectivity index (χ2n) is 4.83. The van der Waals surface area contributed by atoms with Gasteiger partial charge in [0, 0.05) is 32.1 Å². The topological polar surface area (TPSA) is 65.2 Å². The highest BCUT2D eigenvalue weighted by molar-refractivity contribution is 7.92. The Labute approximate surface area is 105 Å². The molecule has 1 fully saturated rings. The molecule has 0 aliphatic carbocycles. The van der Waals surface area contributed by atoms with Crippen LogP contribution in [0.3, 0.4) is 0 Å². The van der Waals surface area contributed by atoms with Crippen LogP contribution in [0.15, 0.2) is 18.5 Å². The van der Waals surface area contributed by atoms with Crippen molar-refractivity contribution >= 4 is 22.6 Å². The van der Waals surface area contributed by atoms with E-state index in [2.05, 4.69) is 16.8 Å². The zero-order valence-electron chi connectivity index (χ0n) is 10.3. The summed E-state index contributed by atoms with van der Waals surface area (Å²) >= 11 is -0.765.